The number of amides is 1. The maximum atomic E-state index is 13.3. The van der Waals surface area contributed by atoms with E-state index in [1.165, 1.54) is 24.2 Å². The molecule has 33 heavy (non-hydrogen) atoms. The number of carbonyl (C=O) groups is 2. The van der Waals surface area contributed by atoms with Gasteiger partial charge in [-0.25, -0.2) is 9.78 Å². The quantitative estimate of drug-likeness (QED) is 0.370. The van der Waals surface area contributed by atoms with E-state index < -0.39 is 5.97 Å². The van der Waals surface area contributed by atoms with Crippen LogP contribution in [-0.4, -0.2) is 23.5 Å². The summed E-state index contributed by atoms with van der Waals surface area (Å²) < 4.78 is 10.9. The van der Waals surface area contributed by atoms with Crippen molar-refractivity contribution in [3.05, 3.63) is 71.2 Å². The molecule has 1 amide bonds. The zero-order chi connectivity index (χ0) is 23.0. The van der Waals surface area contributed by atoms with Crippen LogP contribution in [0.3, 0.4) is 0 Å². The van der Waals surface area contributed by atoms with Crippen LogP contribution in [0.4, 0.5) is 5.13 Å². The Morgan fingerprint density at radius 2 is 1.76 bits per heavy atom. The van der Waals surface area contributed by atoms with E-state index in [2.05, 4.69) is 10.3 Å². The fourth-order valence-corrected chi connectivity index (χ4v) is 4.87. The molecule has 3 aromatic rings. The number of thiazole rings is 1. The highest BCUT2D eigenvalue weighted by Crippen LogP contribution is 2.36. The highest BCUT2D eigenvalue weighted by Gasteiger charge is 2.27. The normalized spacial score (nSPS) is 14.6. The zero-order valence-electron chi connectivity index (χ0n) is 18.7. The molecule has 1 fully saturated rings. The summed E-state index contributed by atoms with van der Waals surface area (Å²) in [7, 11) is 0. The number of anilines is 1. The lowest BCUT2D eigenvalue weighted by Gasteiger charge is -2.20. The van der Waals surface area contributed by atoms with E-state index in [-0.39, 0.29) is 24.1 Å². The summed E-state index contributed by atoms with van der Waals surface area (Å²) in [5, 5.41) is 4.93. The first-order valence-corrected chi connectivity index (χ1v) is 12.3. The van der Waals surface area contributed by atoms with Crippen molar-refractivity contribution in [1.29, 1.82) is 0 Å². The maximum absolute atomic E-state index is 13.3. The van der Waals surface area contributed by atoms with Crippen LogP contribution < -0.4 is 10.1 Å². The van der Waals surface area contributed by atoms with E-state index >= 15 is 0 Å². The number of aromatic nitrogens is 1. The Kier molecular flexibility index (Phi) is 7.73. The highest BCUT2D eigenvalue weighted by atomic mass is 32.1. The molecule has 1 N–H and O–H groups in total. The van der Waals surface area contributed by atoms with Gasteiger partial charge in [-0.3, -0.25) is 4.79 Å². The Hall–Kier alpha value is -3.19. The number of para-hydroxylation sites is 1. The first-order chi connectivity index (χ1) is 16.1. The monoisotopic (exact) mass is 464 g/mol. The minimum Gasteiger partial charge on any atom is -0.461 e. The van der Waals surface area contributed by atoms with Gasteiger partial charge in [0.25, 0.3) is 0 Å². The zero-order valence-corrected chi connectivity index (χ0v) is 19.5. The van der Waals surface area contributed by atoms with Crippen molar-refractivity contribution in [2.45, 2.75) is 44.9 Å². The second kappa shape index (κ2) is 11.1. The molecule has 6 nitrogen and oxygen atoms in total. The minimum absolute atomic E-state index is 0.108. The third-order valence-corrected chi connectivity index (χ3v) is 6.60. The molecule has 1 saturated carbocycles. The van der Waals surface area contributed by atoms with Gasteiger partial charge in [-0.05, 0) is 49.1 Å². The second-order valence-corrected chi connectivity index (χ2v) is 9.03. The molecule has 7 heteroatoms. The number of hydrogen-bond donors (Lipinski definition) is 1. The number of carbonyl (C=O) groups excluding carboxylic acids is 2. The Balaban J connectivity index is 1.48. The topological polar surface area (TPSA) is 77.5 Å². The first kappa shape index (κ1) is 23.0. The molecule has 0 saturated heterocycles. The Morgan fingerprint density at radius 3 is 2.45 bits per heavy atom. The van der Waals surface area contributed by atoms with E-state index in [4.69, 9.17) is 9.47 Å². The van der Waals surface area contributed by atoms with Crippen molar-refractivity contribution < 1.29 is 19.1 Å². The summed E-state index contributed by atoms with van der Waals surface area (Å²) in [6, 6.07) is 17.3. The number of nitrogens with zero attached hydrogens (tertiary/aromatic N) is 1. The average molecular weight is 465 g/mol. The van der Waals surface area contributed by atoms with Crippen molar-refractivity contribution in [3.8, 4) is 11.5 Å². The van der Waals surface area contributed by atoms with Gasteiger partial charge in [-0.1, -0.05) is 56.0 Å². The molecule has 1 heterocycles. The van der Waals surface area contributed by atoms with Gasteiger partial charge < -0.3 is 14.8 Å². The largest absolute Gasteiger partial charge is 0.461 e. The molecule has 0 aliphatic heterocycles. The fourth-order valence-electron chi connectivity index (χ4n) is 4.19. The molecule has 1 aliphatic rings. The Morgan fingerprint density at radius 1 is 1.06 bits per heavy atom. The molecule has 4 rings (SSSR count). The van der Waals surface area contributed by atoms with Crippen molar-refractivity contribution in [1.82, 2.24) is 4.98 Å². The number of ether oxygens (including phenoxy) is 2. The van der Waals surface area contributed by atoms with Crippen LogP contribution in [0.25, 0.3) is 0 Å². The van der Waals surface area contributed by atoms with E-state index in [1.54, 1.807) is 12.3 Å². The predicted molar refractivity (Wildman–Crippen MR) is 129 cm³/mol. The van der Waals surface area contributed by atoms with Gasteiger partial charge in [-0.15, -0.1) is 11.3 Å². The van der Waals surface area contributed by atoms with E-state index in [0.29, 0.717) is 11.0 Å². The SMILES string of the molecule is CCOC(=O)c1csc(NC(=O)C(CC2CCCC2)c2ccc(Oc3ccccc3)cc2)n1. The highest BCUT2D eigenvalue weighted by molar-refractivity contribution is 7.14. The van der Waals surface area contributed by atoms with Crippen LogP contribution in [0.2, 0.25) is 0 Å². The van der Waals surface area contributed by atoms with Gasteiger partial charge in [0.2, 0.25) is 5.91 Å². The molecule has 2 aromatic carbocycles. The first-order valence-electron chi connectivity index (χ1n) is 11.4. The smallest absolute Gasteiger partial charge is 0.357 e. The van der Waals surface area contributed by atoms with Gasteiger partial charge >= 0.3 is 5.97 Å². The number of nitrogens with one attached hydrogen (secondary N) is 1. The molecule has 1 aliphatic carbocycles. The van der Waals surface area contributed by atoms with Crippen molar-refractivity contribution in [2.24, 2.45) is 5.92 Å². The van der Waals surface area contributed by atoms with Crippen molar-refractivity contribution in [3.63, 3.8) is 0 Å². The lowest BCUT2D eigenvalue weighted by atomic mass is 9.87. The summed E-state index contributed by atoms with van der Waals surface area (Å²) in [4.78, 5) is 29.4. The second-order valence-electron chi connectivity index (χ2n) is 8.17. The average Bonchev–Trinajstić information content (AvgIpc) is 3.51. The van der Waals surface area contributed by atoms with Gasteiger partial charge in [0.05, 0.1) is 12.5 Å². The van der Waals surface area contributed by atoms with Crippen molar-refractivity contribution in [2.75, 3.05) is 11.9 Å². The third kappa shape index (κ3) is 6.20. The molecule has 0 spiro atoms. The fraction of sp³-hybridized carbons (Fsp3) is 0.346. The van der Waals surface area contributed by atoms with E-state index in [0.717, 1.165) is 36.3 Å². The van der Waals surface area contributed by atoms with Crippen LogP contribution in [0.5, 0.6) is 11.5 Å². The van der Waals surface area contributed by atoms with Gasteiger partial charge in [0, 0.05) is 5.38 Å². The number of esters is 1. The van der Waals surface area contributed by atoms with Crippen LogP contribution in [0, 0.1) is 5.92 Å². The van der Waals surface area contributed by atoms with Gasteiger partial charge in [0.15, 0.2) is 10.8 Å². The van der Waals surface area contributed by atoms with Crippen LogP contribution >= 0.6 is 11.3 Å². The summed E-state index contributed by atoms with van der Waals surface area (Å²) in [5.41, 5.74) is 1.16. The van der Waals surface area contributed by atoms with E-state index in [9.17, 15) is 9.59 Å². The number of rotatable bonds is 9. The molecule has 172 valence electrons. The molecule has 0 bridgehead atoms. The van der Waals surface area contributed by atoms with Crippen LogP contribution in [0.15, 0.2) is 60.0 Å². The summed E-state index contributed by atoms with van der Waals surface area (Å²) >= 11 is 1.23. The van der Waals surface area contributed by atoms with Crippen molar-refractivity contribution >= 4 is 28.3 Å². The lowest BCUT2D eigenvalue weighted by molar-refractivity contribution is -0.118. The Labute approximate surface area is 198 Å². The molecular formula is C26H28N2O4S. The van der Waals surface area contributed by atoms with Crippen LogP contribution in [-0.2, 0) is 9.53 Å². The molecule has 1 atom stereocenters. The predicted octanol–water partition coefficient (Wildman–Crippen LogP) is 6.41. The summed E-state index contributed by atoms with van der Waals surface area (Å²) in [6.07, 6.45) is 5.55. The standard InChI is InChI=1S/C26H28N2O4S/c1-2-31-25(30)23-17-33-26(27-23)28-24(29)22(16-18-8-6-7-9-18)19-12-14-21(15-13-19)32-20-10-4-3-5-11-20/h3-5,10-15,17-18,22H,2,6-9,16H2,1H3,(H,27,28,29). The number of hydrogen-bond acceptors (Lipinski definition) is 6. The van der Waals surface area contributed by atoms with Crippen LogP contribution in [0.1, 0.15) is 61.0 Å². The van der Waals surface area contributed by atoms with Gasteiger partial charge in [0.1, 0.15) is 11.5 Å². The van der Waals surface area contributed by atoms with Gasteiger partial charge in [-0.2, -0.15) is 0 Å². The summed E-state index contributed by atoms with van der Waals surface area (Å²) in [5.74, 6) is 1.14. The Bertz CT molecular complexity index is 1060. The number of benzene rings is 2. The summed E-state index contributed by atoms with van der Waals surface area (Å²) in [6.45, 7) is 2.03. The third-order valence-electron chi connectivity index (χ3n) is 5.84. The molecular weight excluding hydrogens is 436 g/mol. The molecule has 1 unspecified atom stereocenters. The molecule has 1 aromatic heterocycles. The van der Waals surface area contributed by atoms with E-state index in [1.807, 2.05) is 54.6 Å². The molecule has 0 radical (unpaired) electrons. The maximum Gasteiger partial charge on any atom is 0.357 e. The lowest BCUT2D eigenvalue weighted by Crippen LogP contribution is -2.23. The minimum atomic E-state index is -0.481.